The molecule has 1 aromatic rings. The maximum atomic E-state index is 11.4. The first-order chi connectivity index (χ1) is 10.5. The lowest BCUT2D eigenvalue weighted by Gasteiger charge is -2.31. The normalized spacial score (nSPS) is 19.9. The van der Waals surface area contributed by atoms with Crippen LogP contribution in [-0.2, 0) is 13.1 Å². The van der Waals surface area contributed by atoms with Gasteiger partial charge in [-0.1, -0.05) is 11.6 Å². The summed E-state index contributed by atoms with van der Waals surface area (Å²) in [6.45, 7) is 1.72. The van der Waals surface area contributed by atoms with Gasteiger partial charge in [-0.3, -0.25) is 20.2 Å². The molecule has 7 nitrogen and oxygen atoms in total. The Morgan fingerprint density at radius 3 is 2.82 bits per heavy atom. The van der Waals surface area contributed by atoms with E-state index in [1.807, 2.05) is 9.47 Å². The van der Waals surface area contributed by atoms with Gasteiger partial charge >= 0.3 is 0 Å². The third-order valence-electron chi connectivity index (χ3n) is 3.80. The number of fused-ring (bicyclic) bond motifs is 1. The molecule has 1 amide bonds. The quantitative estimate of drug-likeness (QED) is 0.348. The Bertz CT molecular complexity index is 683. The molecule has 1 unspecified atom stereocenters. The smallest absolute Gasteiger partial charge is 0.276 e. The fraction of sp³-hybridized carbons (Fsp3) is 0.308. The van der Waals surface area contributed by atoms with Gasteiger partial charge in [0.1, 0.15) is 5.03 Å². The minimum absolute atomic E-state index is 0.383. The summed E-state index contributed by atoms with van der Waals surface area (Å²) in [6.07, 6.45) is 2.51. The summed E-state index contributed by atoms with van der Waals surface area (Å²) in [7, 11) is 0. The lowest BCUT2D eigenvalue weighted by Crippen LogP contribution is -2.80. The molecule has 0 radical (unpaired) electrons. The van der Waals surface area contributed by atoms with E-state index in [0.717, 1.165) is 5.69 Å². The standard InChI is InChI=1S/C13H14Cl2N4O3/c14-9-4-10(16-11(9)15)13(21)19-2-1-18-5-7(12(20)17-22)3-8(18)6-19/h3-5,13,16,21-22H,1-2,6H2,(H,17,20)/p+1. The van der Waals surface area contributed by atoms with Crippen molar-refractivity contribution in [1.29, 1.82) is 0 Å². The van der Waals surface area contributed by atoms with Crippen LogP contribution in [0, 0.1) is 0 Å². The van der Waals surface area contributed by atoms with Crippen LogP contribution in [0.1, 0.15) is 16.1 Å². The molecule has 3 rings (SSSR count). The summed E-state index contributed by atoms with van der Waals surface area (Å²) in [5.74, 6) is -0.552. The SMILES string of the molecule is O=C(NO)c1cc2n(c1)CCN(C(O)C1=CC(Cl)=C(Cl)[NH2+]1)C2. The van der Waals surface area contributed by atoms with Crippen LogP contribution in [0.5, 0.6) is 0 Å². The number of rotatable bonds is 3. The van der Waals surface area contributed by atoms with Crippen molar-refractivity contribution in [3.8, 4) is 0 Å². The molecule has 5 N–H and O–H groups in total. The minimum Gasteiger partial charge on any atom is -0.369 e. The van der Waals surface area contributed by atoms with Gasteiger partial charge in [0.2, 0.25) is 5.16 Å². The number of hydroxylamine groups is 1. The van der Waals surface area contributed by atoms with Crippen molar-refractivity contribution in [2.45, 2.75) is 19.3 Å². The number of hydrogen-bond acceptors (Lipinski definition) is 4. The van der Waals surface area contributed by atoms with Gasteiger partial charge in [0.15, 0.2) is 11.9 Å². The van der Waals surface area contributed by atoms with E-state index in [-0.39, 0.29) is 0 Å². The summed E-state index contributed by atoms with van der Waals surface area (Å²) in [6, 6.07) is 1.69. The van der Waals surface area contributed by atoms with Gasteiger partial charge < -0.3 is 9.67 Å². The zero-order chi connectivity index (χ0) is 15.9. The third-order valence-corrected chi connectivity index (χ3v) is 4.52. The third kappa shape index (κ3) is 2.79. The van der Waals surface area contributed by atoms with Crippen molar-refractivity contribution in [3.05, 3.63) is 45.5 Å². The molecule has 1 aromatic heterocycles. The number of quaternary nitrogens is 1. The fourth-order valence-corrected chi connectivity index (χ4v) is 3.01. The van der Waals surface area contributed by atoms with Crippen molar-refractivity contribution in [2.75, 3.05) is 6.54 Å². The fourth-order valence-electron chi connectivity index (χ4n) is 2.65. The first kappa shape index (κ1) is 15.5. The Kier molecular flexibility index (Phi) is 4.26. The van der Waals surface area contributed by atoms with Crippen LogP contribution < -0.4 is 10.8 Å². The maximum absolute atomic E-state index is 11.4. The van der Waals surface area contributed by atoms with Crippen LogP contribution in [-0.4, -0.2) is 38.5 Å². The van der Waals surface area contributed by atoms with Crippen LogP contribution in [0.25, 0.3) is 0 Å². The van der Waals surface area contributed by atoms with Crippen molar-refractivity contribution in [3.63, 3.8) is 0 Å². The molecule has 2 aliphatic rings. The van der Waals surface area contributed by atoms with E-state index in [1.165, 1.54) is 0 Å². The van der Waals surface area contributed by atoms with Gasteiger partial charge in [-0.05, 0) is 17.7 Å². The Morgan fingerprint density at radius 2 is 2.18 bits per heavy atom. The van der Waals surface area contributed by atoms with Gasteiger partial charge in [0, 0.05) is 37.6 Å². The van der Waals surface area contributed by atoms with E-state index >= 15 is 0 Å². The molecule has 0 aliphatic carbocycles. The topological polar surface area (TPSA) is 94.3 Å². The van der Waals surface area contributed by atoms with Crippen molar-refractivity contribution in [1.82, 2.24) is 14.9 Å². The van der Waals surface area contributed by atoms with Crippen LogP contribution in [0.4, 0.5) is 0 Å². The second-order valence-corrected chi connectivity index (χ2v) is 6.00. The molecule has 0 saturated carbocycles. The number of nitrogens with two attached hydrogens (primary N) is 1. The molecule has 0 spiro atoms. The lowest BCUT2D eigenvalue weighted by atomic mass is 10.2. The van der Waals surface area contributed by atoms with Crippen molar-refractivity contribution >= 4 is 29.1 Å². The van der Waals surface area contributed by atoms with E-state index in [9.17, 15) is 9.90 Å². The zero-order valence-electron chi connectivity index (χ0n) is 11.5. The molecule has 1 atom stereocenters. The predicted octanol–water partition coefficient (Wildman–Crippen LogP) is -0.151. The molecule has 9 heteroatoms. The van der Waals surface area contributed by atoms with Gasteiger partial charge in [-0.25, -0.2) is 5.48 Å². The molecule has 0 aromatic carbocycles. The second-order valence-electron chi connectivity index (χ2n) is 5.18. The average Bonchev–Trinajstić information content (AvgIpc) is 3.08. The number of nitrogens with zero attached hydrogens (tertiary/aromatic N) is 2. The molecule has 2 aliphatic heterocycles. The van der Waals surface area contributed by atoms with Gasteiger partial charge in [-0.15, -0.1) is 0 Å². The number of aliphatic hydroxyl groups is 1. The maximum Gasteiger partial charge on any atom is 0.276 e. The van der Waals surface area contributed by atoms with E-state index in [1.54, 1.807) is 29.1 Å². The van der Waals surface area contributed by atoms with Crippen LogP contribution in [0.3, 0.4) is 0 Å². The lowest BCUT2D eigenvalue weighted by molar-refractivity contribution is -0.552. The molecule has 0 fully saturated rings. The highest BCUT2D eigenvalue weighted by molar-refractivity contribution is 6.39. The predicted molar refractivity (Wildman–Crippen MR) is 78.8 cm³/mol. The second kappa shape index (κ2) is 6.04. The minimum atomic E-state index is -0.816. The van der Waals surface area contributed by atoms with Crippen molar-refractivity contribution in [2.24, 2.45) is 0 Å². The molecular weight excluding hydrogens is 331 g/mol. The first-order valence-electron chi connectivity index (χ1n) is 6.67. The zero-order valence-corrected chi connectivity index (χ0v) is 13.0. The number of halogens is 2. The molecule has 3 heterocycles. The van der Waals surface area contributed by atoms with Crippen LogP contribution in [0.2, 0.25) is 0 Å². The Morgan fingerprint density at radius 1 is 1.41 bits per heavy atom. The highest BCUT2D eigenvalue weighted by atomic mass is 35.5. The summed E-state index contributed by atoms with van der Waals surface area (Å²) in [4.78, 5) is 13.3. The van der Waals surface area contributed by atoms with Crippen molar-refractivity contribution < 1.29 is 20.4 Å². The number of carbonyl (C=O) groups excluding carboxylic acids is 1. The number of aromatic nitrogens is 1. The Labute approximate surface area is 136 Å². The summed E-state index contributed by atoms with van der Waals surface area (Å²) in [5, 5.41) is 21.6. The molecule has 0 bridgehead atoms. The number of allylic oxidation sites excluding steroid dienone is 2. The van der Waals surface area contributed by atoms with Gasteiger partial charge in [0.05, 0.1) is 5.56 Å². The highest BCUT2D eigenvalue weighted by Crippen LogP contribution is 2.22. The van der Waals surface area contributed by atoms with Gasteiger partial charge in [-0.2, -0.15) is 0 Å². The largest absolute Gasteiger partial charge is 0.369 e. The number of amides is 1. The summed E-state index contributed by atoms with van der Waals surface area (Å²) < 4.78 is 1.93. The number of carbonyl (C=O) groups is 1. The van der Waals surface area contributed by atoms with E-state index in [2.05, 4.69) is 0 Å². The number of hydrogen-bond donors (Lipinski definition) is 4. The monoisotopic (exact) mass is 345 g/mol. The van der Waals surface area contributed by atoms with E-state index in [0.29, 0.717) is 41.1 Å². The molecule has 22 heavy (non-hydrogen) atoms. The first-order valence-corrected chi connectivity index (χ1v) is 7.42. The molecule has 118 valence electrons. The molecular formula is C13H15Cl2N4O3+. The summed E-state index contributed by atoms with van der Waals surface area (Å²) in [5.41, 5.74) is 3.52. The van der Waals surface area contributed by atoms with Gasteiger partial charge in [0.25, 0.3) is 5.91 Å². The van der Waals surface area contributed by atoms with Crippen LogP contribution in [0.15, 0.2) is 34.2 Å². The number of nitrogens with one attached hydrogen (secondary N) is 1. The van der Waals surface area contributed by atoms with E-state index in [4.69, 9.17) is 28.4 Å². The number of aliphatic hydroxyl groups excluding tert-OH is 1. The highest BCUT2D eigenvalue weighted by Gasteiger charge is 2.31. The average molecular weight is 346 g/mol. The Hall–Kier alpha value is -1.35. The molecule has 0 saturated heterocycles. The Balaban J connectivity index is 1.73. The van der Waals surface area contributed by atoms with E-state index < -0.39 is 12.1 Å². The summed E-state index contributed by atoms with van der Waals surface area (Å²) >= 11 is 11.8. The van der Waals surface area contributed by atoms with Crippen LogP contribution >= 0.6 is 23.2 Å².